The maximum atomic E-state index is 12.3. The van der Waals surface area contributed by atoms with Crippen LogP contribution >= 0.6 is 11.5 Å². The molecule has 0 atom stereocenters. The number of fused-ring (bicyclic) bond motifs is 1. The number of carbonyl (C=O) groups excluding carboxylic acids is 1. The van der Waals surface area contributed by atoms with E-state index in [2.05, 4.69) is 39.4 Å². The van der Waals surface area contributed by atoms with Gasteiger partial charge in [0.05, 0.1) is 16.9 Å². The van der Waals surface area contributed by atoms with Crippen molar-refractivity contribution in [2.45, 2.75) is 26.8 Å². The van der Waals surface area contributed by atoms with Crippen molar-refractivity contribution in [2.24, 2.45) is 0 Å². The van der Waals surface area contributed by atoms with Crippen LogP contribution in [-0.4, -0.2) is 20.1 Å². The largest absolute Gasteiger partial charge is 0.345 e. The first-order chi connectivity index (χ1) is 10.1. The van der Waals surface area contributed by atoms with Crippen molar-refractivity contribution in [3.63, 3.8) is 0 Å². The number of benzene rings is 1. The Kier molecular flexibility index (Phi) is 3.47. The Bertz CT molecular complexity index is 803. The minimum atomic E-state index is -0.160. The van der Waals surface area contributed by atoms with Crippen LogP contribution in [0.3, 0.4) is 0 Å². The molecule has 21 heavy (non-hydrogen) atoms. The summed E-state index contributed by atoms with van der Waals surface area (Å²) in [6.45, 7) is 6.06. The predicted octanol–water partition coefficient (Wildman–Crippen LogP) is 3.63. The summed E-state index contributed by atoms with van der Waals surface area (Å²) in [4.78, 5) is 12.8. The van der Waals surface area contributed by atoms with Crippen LogP contribution in [0.5, 0.6) is 0 Å². The molecular weight excluding hydrogens is 284 g/mol. The third-order valence-corrected chi connectivity index (χ3v) is 4.25. The van der Waals surface area contributed by atoms with E-state index in [0.29, 0.717) is 16.6 Å². The summed E-state index contributed by atoms with van der Waals surface area (Å²) in [5, 5.41) is 7.87. The minimum absolute atomic E-state index is 0.160. The number of aromatic nitrogens is 3. The third kappa shape index (κ3) is 2.42. The Labute approximate surface area is 126 Å². The van der Waals surface area contributed by atoms with Gasteiger partial charge in [-0.3, -0.25) is 4.79 Å². The average molecular weight is 300 g/mol. The highest BCUT2D eigenvalue weighted by molar-refractivity contribution is 7.08. The average Bonchev–Trinajstić information content (AvgIpc) is 3.05. The molecule has 1 amide bonds. The van der Waals surface area contributed by atoms with E-state index in [4.69, 9.17) is 0 Å². The molecule has 0 bridgehead atoms. The highest BCUT2D eigenvalue weighted by atomic mass is 32.1. The van der Waals surface area contributed by atoms with E-state index in [0.717, 1.165) is 28.1 Å². The van der Waals surface area contributed by atoms with E-state index in [9.17, 15) is 4.79 Å². The SMILES string of the molecule is Cc1nnsc1C(=O)Nc1cccc2c1ccn2C(C)C. The summed E-state index contributed by atoms with van der Waals surface area (Å²) in [5.41, 5.74) is 2.58. The molecule has 5 nitrogen and oxygen atoms in total. The first kappa shape index (κ1) is 13.8. The van der Waals surface area contributed by atoms with Crippen LogP contribution in [0.25, 0.3) is 10.9 Å². The lowest BCUT2D eigenvalue weighted by Crippen LogP contribution is -2.11. The van der Waals surface area contributed by atoms with Crippen molar-refractivity contribution in [3.8, 4) is 0 Å². The number of nitrogens with zero attached hydrogens (tertiary/aromatic N) is 3. The molecule has 0 aliphatic heterocycles. The zero-order valence-corrected chi connectivity index (χ0v) is 12.9. The van der Waals surface area contributed by atoms with Gasteiger partial charge in [0.15, 0.2) is 0 Å². The summed E-state index contributed by atoms with van der Waals surface area (Å²) >= 11 is 1.11. The number of nitrogens with one attached hydrogen (secondary N) is 1. The molecule has 1 aromatic carbocycles. The molecule has 3 rings (SSSR count). The van der Waals surface area contributed by atoms with Gasteiger partial charge in [0.2, 0.25) is 0 Å². The van der Waals surface area contributed by atoms with Crippen LogP contribution in [0.1, 0.15) is 35.3 Å². The van der Waals surface area contributed by atoms with Gasteiger partial charge >= 0.3 is 0 Å². The van der Waals surface area contributed by atoms with E-state index in [1.807, 2.05) is 24.4 Å². The van der Waals surface area contributed by atoms with E-state index >= 15 is 0 Å². The Balaban J connectivity index is 1.98. The highest BCUT2D eigenvalue weighted by Crippen LogP contribution is 2.27. The van der Waals surface area contributed by atoms with E-state index in [1.54, 1.807) is 6.92 Å². The van der Waals surface area contributed by atoms with Crippen LogP contribution in [0.15, 0.2) is 30.5 Å². The number of amides is 1. The molecule has 0 saturated carbocycles. The maximum Gasteiger partial charge on any atom is 0.269 e. The molecule has 1 N–H and O–H groups in total. The standard InChI is InChI=1S/C15H16N4OS/c1-9(2)19-8-7-11-12(5-4-6-13(11)19)16-15(20)14-10(3)17-18-21-14/h4-9H,1-3H3,(H,16,20). The zero-order valence-electron chi connectivity index (χ0n) is 12.1. The van der Waals surface area contributed by atoms with Gasteiger partial charge in [-0.25, -0.2) is 0 Å². The molecule has 3 aromatic rings. The minimum Gasteiger partial charge on any atom is -0.345 e. The fraction of sp³-hybridized carbons (Fsp3) is 0.267. The van der Waals surface area contributed by atoms with Crippen LogP contribution in [0, 0.1) is 6.92 Å². The summed E-state index contributed by atoms with van der Waals surface area (Å²) in [6.07, 6.45) is 2.05. The summed E-state index contributed by atoms with van der Waals surface area (Å²) in [5.74, 6) is -0.160. The van der Waals surface area contributed by atoms with Crippen molar-refractivity contribution in [3.05, 3.63) is 41.0 Å². The number of aryl methyl sites for hydroxylation is 1. The van der Waals surface area contributed by atoms with Gasteiger partial charge in [-0.2, -0.15) is 0 Å². The van der Waals surface area contributed by atoms with Gasteiger partial charge in [-0.15, -0.1) is 5.10 Å². The Morgan fingerprint density at radius 1 is 1.33 bits per heavy atom. The summed E-state index contributed by atoms with van der Waals surface area (Å²) in [6, 6.07) is 8.33. The predicted molar refractivity (Wildman–Crippen MR) is 84.9 cm³/mol. The van der Waals surface area contributed by atoms with Gasteiger partial charge in [0.1, 0.15) is 4.88 Å². The van der Waals surface area contributed by atoms with Crippen LogP contribution in [0.4, 0.5) is 5.69 Å². The highest BCUT2D eigenvalue weighted by Gasteiger charge is 2.15. The van der Waals surface area contributed by atoms with Gasteiger partial charge in [0, 0.05) is 17.6 Å². The quantitative estimate of drug-likeness (QED) is 0.803. The number of hydrogen-bond donors (Lipinski definition) is 1. The molecule has 2 heterocycles. The first-order valence-electron chi connectivity index (χ1n) is 6.78. The molecule has 0 aliphatic rings. The summed E-state index contributed by atoms with van der Waals surface area (Å²) in [7, 11) is 0. The van der Waals surface area contributed by atoms with Gasteiger partial charge in [-0.1, -0.05) is 10.6 Å². The molecule has 0 saturated heterocycles. The Morgan fingerprint density at radius 2 is 2.14 bits per heavy atom. The number of carbonyl (C=O) groups is 1. The molecule has 0 aliphatic carbocycles. The molecule has 6 heteroatoms. The molecule has 0 unspecified atom stereocenters. The fourth-order valence-electron chi connectivity index (χ4n) is 2.37. The van der Waals surface area contributed by atoms with E-state index in [-0.39, 0.29) is 5.91 Å². The van der Waals surface area contributed by atoms with Crippen molar-refractivity contribution < 1.29 is 4.79 Å². The van der Waals surface area contributed by atoms with E-state index in [1.165, 1.54) is 0 Å². The monoisotopic (exact) mass is 300 g/mol. The molecular formula is C15H16N4OS. The van der Waals surface area contributed by atoms with Crippen molar-refractivity contribution in [2.75, 3.05) is 5.32 Å². The summed E-state index contributed by atoms with van der Waals surface area (Å²) < 4.78 is 5.99. The molecule has 0 fully saturated rings. The lowest BCUT2D eigenvalue weighted by atomic mass is 10.2. The maximum absolute atomic E-state index is 12.3. The number of hydrogen-bond acceptors (Lipinski definition) is 4. The first-order valence-corrected chi connectivity index (χ1v) is 7.55. The third-order valence-electron chi connectivity index (χ3n) is 3.43. The molecule has 0 radical (unpaired) electrons. The second-order valence-electron chi connectivity index (χ2n) is 5.20. The van der Waals surface area contributed by atoms with Crippen molar-refractivity contribution >= 4 is 34.0 Å². The Morgan fingerprint density at radius 3 is 2.81 bits per heavy atom. The Hall–Kier alpha value is -2.21. The van der Waals surface area contributed by atoms with Crippen molar-refractivity contribution in [1.29, 1.82) is 0 Å². The molecule has 2 aromatic heterocycles. The van der Waals surface area contributed by atoms with Crippen LogP contribution in [-0.2, 0) is 0 Å². The molecule has 0 spiro atoms. The smallest absolute Gasteiger partial charge is 0.269 e. The number of rotatable bonds is 3. The van der Waals surface area contributed by atoms with E-state index < -0.39 is 0 Å². The fourth-order valence-corrected chi connectivity index (χ4v) is 2.92. The second-order valence-corrected chi connectivity index (χ2v) is 5.95. The van der Waals surface area contributed by atoms with Gasteiger partial charge in [0.25, 0.3) is 5.91 Å². The zero-order chi connectivity index (χ0) is 15.0. The number of anilines is 1. The van der Waals surface area contributed by atoms with Gasteiger partial charge in [-0.05, 0) is 50.5 Å². The second kappa shape index (κ2) is 5.29. The lowest BCUT2D eigenvalue weighted by Gasteiger charge is -2.10. The topological polar surface area (TPSA) is 59.8 Å². The van der Waals surface area contributed by atoms with Gasteiger partial charge < -0.3 is 9.88 Å². The normalized spacial score (nSPS) is 11.2. The van der Waals surface area contributed by atoms with Crippen molar-refractivity contribution in [1.82, 2.24) is 14.2 Å². The van der Waals surface area contributed by atoms with Crippen LogP contribution < -0.4 is 5.32 Å². The molecule has 108 valence electrons. The van der Waals surface area contributed by atoms with Crippen LogP contribution in [0.2, 0.25) is 0 Å². The lowest BCUT2D eigenvalue weighted by molar-refractivity contribution is 0.103.